The van der Waals surface area contributed by atoms with E-state index in [-0.39, 0.29) is 23.5 Å². The molecule has 1 amide bonds. The first-order valence-corrected chi connectivity index (χ1v) is 10.5. The van der Waals surface area contributed by atoms with Crippen molar-refractivity contribution in [2.24, 2.45) is 0 Å². The van der Waals surface area contributed by atoms with E-state index in [4.69, 9.17) is 22.4 Å². The minimum atomic E-state index is -0.291. The summed E-state index contributed by atoms with van der Waals surface area (Å²) in [4.78, 5) is 36.5. The molecule has 1 saturated heterocycles. The lowest BCUT2D eigenvalue weighted by atomic mass is 10.0. The van der Waals surface area contributed by atoms with Gasteiger partial charge in [0.25, 0.3) is 11.5 Å². The van der Waals surface area contributed by atoms with E-state index in [1.54, 1.807) is 16.8 Å². The molecule has 2 aliphatic rings. The SMILES string of the molecule is Nc1nc2c(c(N3CC[C@H]3c3nn4ccc(Cl)c4c(=O)n3-c3ccccc3)n1)C(=O)NC2. The molecule has 0 radical (unpaired) electrons. The summed E-state index contributed by atoms with van der Waals surface area (Å²) in [6.07, 6.45) is 2.38. The van der Waals surface area contributed by atoms with E-state index in [2.05, 4.69) is 15.3 Å². The predicted octanol–water partition coefficient (Wildman–Crippen LogP) is 1.71. The van der Waals surface area contributed by atoms with Gasteiger partial charge in [-0.05, 0) is 24.6 Å². The van der Waals surface area contributed by atoms with Crippen molar-refractivity contribution in [3.8, 4) is 5.69 Å². The van der Waals surface area contributed by atoms with E-state index in [0.717, 1.165) is 6.42 Å². The maximum atomic E-state index is 13.5. The van der Waals surface area contributed by atoms with Gasteiger partial charge in [-0.25, -0.2) is 9.50 Å². The first kappa shape index (κ1) is 18.8. The van der Waals surface area contributed by atoms with Crippen LogP contribution in [-0.4, -0.2) is 36.6 Å². The topological polar surface area (TPSA) is 123 Å². The first-order valence-electron chi connectivity index (χ1n) is 10.1. The van der Waals surface area contributed by atoms with Crippen molar-refractivity contribution in [2.45, 2.75) is 19.0 Å². The van der Waals surface area contributed by atoms with E-state index in [9.17, 15) is 9.59 Å². The molecule has 3 aromatic heterocycles. The van der Waals surface area contributed by atoms with Crippen LogP contribution in [0.2, 0.25) is 5.02 Å². The summed E-state index contributed by atoms with van der Waals surface area (Å²) in [5.41, 5.74) is 7.62. The Bertz CT molecular complexity index is 1460. The number of carbonyl (C=O) groups is 1. The molecule has 0 bridgehead atoms. The van der Waals surface area contributed by atoms with Crippen LogP contribution in [0.1, 0.15) is 34.3 Å². The lowest BCUT2D eigenvalue weighted by Gasteiger charge is -2.42. The van der Waals surface area contributed by atoms with Crippen LogP contribution in [0, 0.1) is 0 Å². The molecule has 0 aliphatic carbocycles. The van der Waals surface area contributed by atoms with E-state index in [0.29, 0.717) is 52.2 Å². The summed E-state index contributed by atoms with van der Waals surface area (Å²) in [5.74, 6) is 0.846. The van der Waals surface area contributed by atoms with Gasteiger partial charge in [0, 0.05) is 12.7 Å². The maximum absolute atomic E-state index is 13.5. The number of nitrogens with zero attached hydrogens (tertiary/aromatic N) is 6. The molecule has 1 aromatic carbocycles. The third-order valence-electron chi connectivity index (χ3n) is 5.89. The van der Waals surface area contributed by atoms with Gasteiger partial charge >= 0.3 is 0 Å². The number of benzene rings is 1. The van der Waals surface area contributed by atoms with E-state index in [1.807, 2.05) is 35.2 Å². The van der Waals surface area contributed by atoms with Crippen molar-refractivity contribution in [1.29, 1.82) is 0 Å². The molecule has 0 saturated carbocycles. The minimum Gasteiger partial charge on any atom is -0.368 e. The second-order valence-corrected chi connectivity index (χ2v) is 8.11. The number of fused-ring (bicyclic) bond motifs is 2. The molecule has 3 N–H and O–H groups in total. The first-order chi connectivity index (χ1) is 15.5. The molecule has 1 fully saturated rings. The number of amides is 1. The summed E-state index contributed by atoms with van der Waals surface area (Å²) >= 11 is 6.28. The average Bonchev–Trinajstić information content (AvgIpc) is 3.30. The van der Waals surface area contributed by atoms with Crippen molar-refractivity contribution in [1.82, 2.24) is 29.5 Å². The van der Waals surface area contributed by atoms with E-state index < -0.39 is 0 Å². The largest absolute Gasteiger partial charge is 0.368 e. The average molecular weight is 449 g/mol. The molecule has 0 spiro atoms. The number of nitrogen functional groups attached to an aromatic ring is 1. The smallest absolute Gasteiger partial charge is 0.284 e. The van der Waals surface area contributed by atoms with Crippen molar-refractivity contribution in [2.75, 3.05) is 17.2 Å². The summed E-state index contributed by atoms with van der Waals surface area (Å²) < 4.78 is 3.07. The molecule has 4 aromatic rings. The van der Waals surface area contributed by atoms with Crippen LogP contribution in [0.4, 0.5) is 11.8 Å². The van der Waals surface area contributed by atoms with Crippen LogP contribution in [0.3, 0.4) is 0 Å². The van der Waals surface area contributed by atoms with Crippen molar-refractivity contribution < 1.29 is 4.79 Å². The molecule has 2 aliphatic heterocycles. The fourth-order valence-electron chi connectivity index (χ4n) is 4.33. The van der Waals surface area contributed by atoms with Crippen LogP contribution in [0.5, 0.6) is 0 Å². The standard InChI is InChI=1S/C21H17ClN8O2/c22-12-6-9-29-16(12)20(32)30(11-4-2-1-3-5-11)17(27-29)14-7-8-28(14)18-15-13(10-24-19(15)31)25-21(23)26-18/h1-6,9,14H,7-8,10H2,(H,24,31)(H2,23,25,26)/t14-/m0/s1. The fourth-order valence-corrected chi connectivity index (χ4v) is 4.56. The molecular formula is C21H17ClN8O2. The highest BCUT2D eigenvalue weighted by atomic mass is 35.5. The van der Waals surface area contributed by atoms with Gasteiger partial charge in [-0.1, -0.05) is 29.8 Å². The number of carbonyl (C=O) groups excluding carboxylic acids is 1. The Hall–Kier alpha value is -3.92. The number of nitrogens with two attached hydrogens (primary N) is 1. The van der Waals surface area contributed by atoms with Crippen molar-refractivity contribution in [3.63, 3.8) is 0 Å². The summed E-state index contributed by atoms with van der Waals surface area (Å²) in [5, 5.41) is 7.85. The van der Waals surface area contributed by atoms with Gasteiger partial charge in [-0.3, -0.25) is 14.2 Å². The Balaban J connectivity index is 1.56. The monoisotopic (exact) mass is 448 g/mol. The number of para-hydroxylation sites is 1. The third kappa shape index (κ3) is 2.62. The number of anilines is 2. The molecule has 0 unspecified atom stereocenters. The maximum Gasteiger partial charge on any atom is 0.284 e. The molecule has 1 atom stereocenters. The minimum absolute atomic E-state index is 0.0990. The van der Waals surface area contributed by atoms with Crippen LogP contribution in [0.15, 0.2) is 47.4 Å². The van der Waals surface area contributed by atoms with Gasteiger partial charge in [0.05, 0.1) is 29.0 Å². The Morgan fingerprint density at radius 2 is 1.94 bits per heavy atom. The highest BCUT2D eigenvalue weighted by Gasteiger charge is 2.39. The quantitative estimate of drug-likeness (QED) is 0.489. The van der Waals surface area contributed by atoms with Gasteiger partial charge in [-0.15, -0.1) is 0 Å². The van der Waals surface area contributed by atoms with Gasteiger partial charge in [0.2, 0.25) is 5.95 Å². The molecule has 160 valence electrons. The van der Waals surface area contributed by atoms with Gasteiger partial charge in [0.1, 0.15) is 16.9 Å². The zero-order valence-electron chi connectivity index (χ0n) is 16.7. The molecule has 5 heterocycles. The molecule has 32 heavy (non-hydrogen) atoms. The third-order valence-corrected chi connectivity index (χ3v) is 6.20. The van der Waals surface area contributed by atoms with Gasteiger partial charge in [-0.2, -0.15) is 10.1 Å². The van der Waals surface area contributed by atoms with Crippen LogP contribution < -0.4 is 21.5 Å². The zero-order valence-corrected chi connectivity index (χ0v) is 17.5. The second kappa shape index (κ2) is 6.79. The second-order valence-electron chi connectivity index (χ2n) is 7.70. The fraction of sp³-hybridized carbons (Fsp3) is 0.190. The highest BCUT2D eigenvalue weighted by molar-refractivity contribution is 6.33. The number of hydrogen-bond donors (Lipinski definition) is 2. The molecular weight excluding hydrogens is 432 g/mol. The molecule has 6 rings (SSSR count). The lowest BCUT2D eigenvalue weighted by Crippen LogP contribution is -2.46. The van der Waals surface area contributed by atoms with Gasteiger partial charge < -0.3 is 16.0 Å². The Kier molecular flexibility index (Phi) is 3.99. The van der Waals surface area contributed by atoms with E-state index >= 15 is 0 Å². The molecule has 11 heteroatoms. The summed E-state index contributed by atoms with van der Waals surface area (Å²) in [7, 11) is 0. The van der Waals surface area contributed by atoms with E-state index in [1.165, 1.54) is 4.52 Å². The number of hydrogen-bond acceptors (Lipinski definition) is 7. The van der Waals surface area contributed by atoms with Crippen LogP contribution >= 0.6 is 11.6 Å². The Labute approximate surface area is 186 Å². The Morgan fingerprint density at radius 1 is 1.12 bits per heavy atom. The molecule has 10 nitrogen and oxygen atoms in total. The number of nitrogens with one attached hydrogen (secondary N) is 1. The highest BCUT2D eigenvalue weighted by Crippen LogP contribution is 2.39. The predicted molar refractivity (Wildman–Crippen MR) is 118 cm³/mol. The lowest BCUT2D eigenvalue weighted by molar-refractivity contribution is 0.0965. The van der Waals surface area contributed by atoms with Gasteiger partial charge in [0.15, 0.2) is 5.82 Å². The summed E-state index contributed by atoms with van der Waals surface area (Å²) in [6, 6.07) is 10.6. The van der Waals surface area contributed by atoms with Crippen molar-refractivity contribution in [3.05, 3.63) is 75.1 Å². The number of aromatic nitrogens is 5. The zero-order chi connectivity index (χ0) is 22.0. The normalized spacial score (nSPS) is 17.3. The number of rotatable bonds is 3. The van der Waals surface area contributed by atoms with Crippen LogP contribution in [0.25, 0.3) is 11.2 Å². The number of halogens is 1. The Morgan fingerprint density at radius 3 is 2.69 bits per heavy atom. The van der Waals surface area contributed by atoms with Crippen molar-refractivity contribution >= 4 is 34.8 Å². The van der Waals surface area contributed by atoms with Crippen LogP contribution in [-0.2, 0) is 6.54 Å². The summed E-state index contributed by atoms with van der Waals surface area (Å²) in [6.45, 7) is 0.948.